The van der Waals surface area contributed by atoms with Gasteiger partial charge in [0.25, 0.3) is 0 Å². The van der Waals surface area contributed by atoms with Crippen molar-refractivity contribution in [1.29, 1.82) is 0 Å². The minimum absolute atomic E-state index is 0.0367. The zero-order chi connectivity index (χ0) is 14.8. The topological polar surface area (TPSA) is 70.2 Å². The third kappa shape index (κ3) is 8.15. The first-order chi connectivity index (χ1) is 9.58. The Labute approximate surface area is 122 Å². The van der Waals surface area contributed by atoms with Gasteiger partial charge in [0.2, 0.25) is 11.8 Å². The van der Waals surface area contributed by atoms with Gasteiger partial charge in [-0.25, -0.2) is 0 Å². The maximum atomic E-state index is 11.6. The second-order valence-corrected chi connectivity index (χ2v) is 6.06. The Morgan fingerprint density at radius 2 is 2.05 bits per heavy atom. The van der Waals surface area contributed by atoms with Crippen LogP contribution in [0.4, 0.5) is 0 Å². The van der Waals surface area contributed by atoms with E-state index in [1.54, 1.807) is 0 Å². The summed E-state index contributed by atoms with van der Waals surface area (Å²) in [5.41, 5.74) is 0. The van der Waals surface area contributed by atoms with Crippen molar-refractivity contribution in [3.05, 3.63) is 0 Å². The van der Waals surface area contributed by atoms with Gasteiger partial charge in [-0.05, 0) is 50.6 Å². The lowest BCUT2D eigenvalue weighted by Crippen LogP contribution is -2.38. The van der Waals surface area contributed by atoms with Crippen LogP contribution in [0.15, 0.2) is 0 Å². The van der Waals surface area contributed by atoms with Gasteiger partial charge in [0.1, 0.15) is 0 Å². The molecule has 0 saturated carbocycles. The van der Waals surface area contributed by atoms with Crippen LogP contribution in [0, 0.1) is 11.8 Å². The summed E-state index contributed by atoms with van der Waals surface area (Å²) in [6, 6.07) is 0. The van der Waals surface area contributed by atoms with Gasteiger partial charge in [-0.2, -0.15) is 0 Å². The molecule has 0 spiro atoms. The van der Waals surface area contributed by atoms with Crippen LogP contribution in [0.25, 0.3) is 0 Å². The molecule has 1 aliphatic rings. The summed E-state index contributed by atoms with van der Waals surface area (Å²) in [5, 5.41) is 8.90. The van der Waals surface area contributed by atoms with Crippen LogP contribution < -0.4 is 16.0 Å². The average molecular weight is 283 g/mol. The summed E-state index contributed by atoms with van der Waals surface area (Å²) >= 11 is 0. The monoisotopic (exact) mass is 283 g/mol. The zero-order valence-corrected chi connectivity index (χ0v) is 12.8. The molecular weight excluding hydrogens is 254 g/mol. The number of nitrogens with one attached hydrogen (secondary N) is 3. The first kappa shape index (κ1) is 17.0. The van der Waals surface area contributed by atoms with Crippen LogP contribution >= 0.6 is 0 Å². The first-order valence-corrected chi connectivity index (χ1v) is 7.82. The quantitative estimate of drug-likeness (QED) is 0.623. The maximum Gasteiger partial charge on any atom is 0.239 e. The third-order valence-electron chi connectivity index (χ3n) is 3.67. The molecule has 0 aromatic heterocycles. The van der Waals surface area contributed by atoms with E-state index in [9.17, 15) is 9.59 Å². The van der Waals surface area contributed by atoms with E-state index in [-0.39, 0.29) is 18.4 Å². The Morgan fingerprint density at radius 1 is 1.25 bits per heavy atom. The molecule has 2 amide bonds. The highest BCUT2D eigenvalue weighted by molar-refractivity contribution is 5.84. The second-order valence-electron chi connectivity index (χ2n) is 6.06. The normalized spacial score (nSPS) is 18.9. The van der Waals surface area contributed by atoms with Gasteiger partial charge in [-0.15, -0.1) is 0 Å². The minimum atomic E-state index is -0.0911. The Kier molecular flexibility index (Phi) is 8.26. The lowest BCUT2D eigenvalue weighted by molar-refractivity contribution is -0.126. The molecule has 1 fully saturated rings. The molecule has 0 radical (unpaired) electrons. The average Bonchev–Trinajstić information content (AvgIpc) is 2.44. The van der Waals surface area contributed by atoms with E-state index < -0.39 is 0 Å². The van der Waals surface area contributed by atoms with Crippen LogP contribution in [0.5, 0.6) is 0 Å². The molecule has 0 aromatic carbocycles. The van der Waals surface area contributed by atoms with E-state index >= 15 is 0 Å². The highest BCUT2D eigenvalue weighted by atomic mass is 16.2. The summed E-state index contributed by atoms with van der Waals surface area (Å²) in [6.45, 7) is 7.14. The third-order valence-corrected chi connectivity index (χ3v) is 3.67. The summed E-state index contributed by atoms with van der Waals surface area (Å²) in [6.07, 6.45) is 4.85. The molecule has 0 aromatic rings. The van der Waals surface area contributed by atoms with Crippen molar-refractivity contribution in [2.45, 2.75) is 46.0 Å². The number of hydrogen-bond acceptors (Lipinski definition) is 3. The maximum absolute atomic E-state index is 11.6. The molecule has 5 nitrogen and oxygen atoms in total. The molecule has 1 unspecified atom stereocenters. The molecule has 20 heavy (non-hydrogen) atoms. The predicted molar refractivity (Wildman–Crippen MR) is 80.3 cm³/mol. The van der Waals surface area contributed by atoms with E-state index in [0.717, 1.165) is 25.9 Å². The molecule has 116 valence electrons. The Morgan fingerprint density at radius 3 is 2.70 bits per heavy atom. The van der Waals surface area contributed by atoms with Gasteiger partial charge >= 0.3 is 0 Å². The number of hydrogen-bond donors (Lipinski definition) is 3. The number of carbonyl (C=O) groups is 2. The molecule has 3 N–H and O–H groups in total. The van der Waals surface area contributed by atoms with Crippen LogP contribution in [0.2, 0.25) is 0 Å². The fraction of sp³-hybridized carbons (Fsp3) is 0.867. The van der Waals surface area contributed by atoms with Crippen molar-refractivity contribution in [2.75, 3.05) is 26.2 Å². The van der Waals surface area contributed by atoms with E-state index in [0.29, 0.717) is 24.8 Å². The van der Waals surface area contributed by atoms with Gasteiger partial charge in [0, 0.05) is 13.0 Å². The Hall–Kier alpha value is -1.10. The van der Waals surface area contributed by atoms with Crippen molar-refractivity contribution in [3.8, 4) is 0 Å². The molecule has 1 saturated heterocycles. The first-order valence-electron chi connectivity index (χ1n) is 7.82. The van der Waals surface area contributed by atoms with E-state index in [1.165, 1.54) is 12.8 Å². The fourth-order valence-electron chi connectivity index (χ4n) is 2.34. The molecule has 1 heterocycles. The van der Waals surface area contributed by atoms with Gasteiger partial charge < -0.3 is 16.0 Å². The Balaban J connectivity index is 2.00. The zero-order valence-electron chi connectivity index (χ0n) is 12.8. The van der Waals surface area contributed by atoms with Crippen molar-refractivity contribution < 1.29 is 9.59 Å². The SMILES string of the molecule is CC(C)CCC(=O)NCC(=O)NCCC1CCCNC1. The summed E-state index contributed by atoms with van der Waals surface area (Å²) < 4.78 is 0. The molecule has 0 aliphatic carbocycles. The van der Waals surface area contributed by atoms with Gasteiger partial charge in [0.05, 0.1) is 6.54 Å². The van der Waals surface area contributed by atoms with Crippen LogP contribution in [0.1, 0.15) is 46.0 Å². The standard InChI is InChI=1S/C15H29N3O2/c1-12(2)5-6-14(19)18-11-15(20)17-9-7-13-4-3-8-16-10-13/h12-13,16H,3-11H2,1-2H3,(H,17,20)(H,18,19). The van der Waals surface area contributed by atoms with Crippen molar-refractivity contribution >= 4 is 11.8 Å². The molecular formula is C15H29N3O2. The highest BCUT2D eigenvalue weighted by Gasteiger charge is 2.13. The molecule has 5 heteroatoms. The van der Waals surface area contributed by atoms with Crippen LogP contribution in [0.3, 0.4) is 0 Å². The molecule has 1 rings (SSSR count). The van der Waals surface area contributed by atoms with Crippen LogP contribution in [-0.2, 0) is 9.59 Å². The smallest absolute Gasteiger partial charge is 0.239 e. The van der Waals surface area contributed by atoms with Crippen molar-refractivity contribution in [2.24, 2.45) is 11.8 Å². The summed E-state index contributed by atoms with van der Waals surface area (Å²) in [5.74, 6) is 1.06. The number of rotatable bonds is 8. The predicted octanol–water partition coefficient (Wildman–Crippen LogP) is 1.04. The summed E-state index contributed by atoms with van der Waals surface area (Å²) in [4.78, 5) is 23.1. The number of carbonyl (C=O) groups excluding carboxylic acids is 2. The van der Waals surface area contributed by atoms with Gasteiger partial charge in [-0.1, -0.05) is 13.8 Å². The van der Waals surface area contributed by atoms with E-state index in [4.69, 9.17) is 0 Å². The van der Waals surface area contributed by atoms with Gasteiger partial charge in [0.15, 0.2) is 0 Å². The molecule has 1 aliphatic heterocycles. The van der Waals surface area contributed by atoms with Crippen LogP contribution in [-0.4, -0.2) is 38.0 Å². The lowest BCUT2D eigenvalue weighted by Gasteiger charge is -2.22. The van der Waals surface area contributed by atoms with E-state index in [2.05, 4.69) is 29.8 Å². The molecule has 1 atom stereocenters. The lowest BCUT2D eigenvalue weighted by atomic mass is 9.96. The van der Waals surface area contributed by atoms with E-state index in [1.807, 2.05) is 0 Å². The van der Waals surface area contributed by atoms with Crippen molar-refractivity contribution in [1.82, 2.24) is 16.0 Å². The highest BCUT2D eigenvalue weighted by Crippen LogP contribution is 2.12. The van der Waals surface area contributed by atoms with Gasteiger partial charge in [-0.3, -0.25) is 9.59 Å². The van der Waals surface area contributed by atoms with Crippen molar-refractivity contribution in [3.63, 3.8) is 0 Å². The largest absolute Gasteiger partial charge is 0.355 e. The second kappa shape index (κ2) is 9.75. The number of amides is 2. The summed E-state index contributed by atoms with van der Waals surface area (Å²) in [7, 11) is 0. The molecule has 0 bridgehead atoms. The Bertz CT molecular complexity index is 299. The minimum Gasteiger partial charge on any atom is -0.355 e. The fourth-order valence-corrected chi connectivity index (χ4v) is 2.34. The number of piperidine rings is 1.